The van der Waals surface area contributed by atoms with Crippen LogP contribution in [0.3, 0.4) is 0 Å². The average molecular weight is 365 g/mol. The summed E-state index contributed by atoms with van der Waals surface area (Å²) in [5, 5.41) is 7.65. The molecule has 1 aliphatic heterocycles. The third-order valence-corrected chi connectivity index (χ3v) is 5.40. The average Bonchev–Trinajstić information content (AvgIpc) is 3.18. The van der Waals surface area contributed by atoms with E-state index in [2.05, 4.69) is 10.6 Å². The van der Waals surface area contributed by atoms with Crippen LogP contribution in [-0.2, 0) is 9.59 Å². The van der Waals surface area contributed by atoms with Gasteiger partial charge in [-0.05, 0) is 36.6 Å². The summed E-state index contributed by atoms with van der Waals surface area (Å²) >= 11 is 1.36. The standard InChI is InChI=1S/C18H27N3O3S/c1-3-9-19-18(24)16(20-17(23)14-6-5-12-25-14)13-7-10-21(11-8-13)15(22)4-2/h5-6,12-13,16H,3-4,7-11H2,1-2H3,(H,19,24)(H,20,23)/t16-/m1/s1. The predicted octanol–water partition coefficient (Wildman–Crippen LogP) is 2.02. The van der Waals surface area contributed by atoms with Gasteiger partial charge in [-0.25, -0.2) is 0 Å². The Balaban J connectivity index is 2.03. The second-order valence-corrected chi connectivity index (χ2v) is 7.24. The minimum Gasteiger partial charge on any atom is -0.354 e. The van der Waals surface area contributed by atoms with Gasteiger partial charge in [0, 0.05) is 26.1 Å². The molecule has 6 nitrogen and oxygen atoms in total. The third kappa shape index (κ3) is 5.29. The van der Waals surface area contributed by atoms with Gasteiger partial charge in [0.05, 0.1) is 4.88 Å². The fourth-order valence-electron chi connectivity index (χ4n) is 3.08. The van der Waals surface area contributed by atoms with Crippen molar-refractivity contribution < 1.29 is 14.4 Å². The molecule has 1 aromatic heterocycles. The van der Waals surface area contributed by atoms with E-state index >= 15 is 0 Å². The van der Waals surface area contributed by atoms with E-state index in [1.54, 1.807) is 6.07 Å². The first-order chi connectivity index (χ1) is 12.1. The van der Waals surface area contributed by atoms with Crippen LogP contribution < -0.4 is 10.6 Å². The maximum atomic E-state index is 12.6. The molecule has 0 aliphatic carbocycles. The maximum Gasteiger partial charge on any atom is 0.262 e. The Morgan fingerprint density at radius 1 is 1.28 bits per heavy atom. The molecule has 0 radical (unpaired) electrons. The van der Waals surface area contributed by atoms with Gasteiger partial charge in [-0.15, -0.1) is 11.3 Å². The summed E-state index contributed by atoms with van der Waals surface area (Å²) < 4.78 is 0. The lowest BCUT2D eigenvalue weighted by atomic mass is 9.88. The number of hydrogen-bond acceptors (Lipinski definition) is 4. The Labute approximate surface area is 153 Å². The van der Waals surface area contributed by atoms with Crippen LogP contribution in [0.5, 0.6) is 0 Å². The molecule has 1 saturated heterocycles. The van der Waals surface area contributed by atoms with Gasteiger partial charge in [0.2, 0.25) is 11.8 Å². The molecular weight excluding hydrogens is 338 g/mol. The summed E-state index contributed by atoms with van der Waals surface area (Å²) in [7, 11) is 0. The lowest BCUT2D eigenvalue weighted by Crippen LogP contribution is -2.53. The Hall–Kier alpha value is -1.89. The van der Waals surface area contributed by atoms with E-state index in [0.717, 1.165) is 19.3 Å². The maximum absolute atomic E-state index is 12.6. The van der Waals surface area contributed by atoms with Crippen LogP contribution in [0.2, 0.25) is 0 Å². The Bertz CT molecular complexity index is 580. The van der Waals surface area contributed by atoms with Gasteiger partial charge in [0.15, 0.2) is 0 Å². The van der Waals surface area contributed by atoms with Gasteiger partial charge in [0.1, 0.15) is 6.04 Å². The van der Waals surface area contributed by atoms with E-state index < -0.39 is 6.04 Å². The minimum atomic E-state index is -0.556. The van der Waals surface area contributed by atoms with Gasteiger partial charge in [-0.2, -0.15) is 0 Å². The van der Waals surface area contributed by atoms with Crippen LogP contribution in [0.15, 0.2) is 17.5 Å². The fourth-order valence-corrected chi connectivity index (χ4v) is 3.71. The number of hydrogen-bond donors (Lipinski definition) is 2. The van der Waals surface area contributed by atoms with Gasteiger partial charge < -0.3 is 15.5 Å². The van der Waals surface area contributed by atoms with Gasteiger partial charge in [-0.3, -0.25) is 14.4 Å². The van der Waals surface area contributed by atoms with Crippen molar-refractivity contribution in [2.24, 2.45) is 5.92 Å². The molecule has 3 amide bonds. The number of thiophene rings is 1. The van der Waals surface area contributed by atoms with Crippen LogP contribution in [0.25, 0.3) is 0 Å². The summed E-state index contributed by atoms with van der Waals surface area (Å²) in [4.78, 5) is 39.3. The molecule has 0 aromatic carbocycles. The van der Waals surface area contributed by atoms with Crippen LogP contribution in [0.4, 0.5) is 0 Å². The molecule has 2 rings (SSSR count). The third-order valence-electron chi connectivity index (χ3n) is 4.53. The van der Waals surface area contributed by atoms with Gasteiger partial charge in [-0.1, -0.05) is 19.9 Å². The zero-order valence-electron chi connectivity index (χ0n) is 14.9. The van der Waals surface area contributed by atoms with Gasteiger partial charge in [0.25, 0.3) is 5.91 Å². The highest BCUT2D eigenvalue weighted by atomic mass is 32.1. The summed E-state index contributed by atoms with van der Waals surface area (Å²) in [6, 6.07) is 3.02. The molecule has 25 heavy (non-hydrogen) atoms. The molecule has 1 atom stereocenters. The number of piperidine rings is 1. The lowest BCUT2D eigenvalue weighted by Gasteiger charge is -2.35. The SMILES string of the molecule is CCCNC(=O)[C@H](NC(=O)c1cccs1)C1CCN(C(=O)CC)CC1. The summed E-state index contributed by atoms with van der Waals surface area (Å²) in [5.41, 5.74) is 0. The van der Waals surface area contributed by atoms with E-state index in [9.17, 15) is 14.4 Å². The van der Waals surface area contributed by atoms with E-state index in [1.165, 1.54) is 11.3 Å². The summed E-state index contributed by atoms with van der Waals surface area (Å²) in [6.07, 6.45) is 2.79. The van der Waals surface area contributed by atoms with Crippen LogP contribution in [0, 0.1) is 5.92 Å². The molecule has 2 heterocycles. The zero-order valence-corrected chi connectivity index (χ0v) is 15.7. The highest BCUT2D eigenvalue weighted by Crippen LogP contribution is 2.22. The van der Waals surface area contributed by atoms with Crippen molar-refractivity contribution in [3.63, 3.8) is 0 Å². The van der Waals surface area contributed by atoms with Crippen LogP contribution in [-0.4, -0.2) is 48.3 Å². The fraction of sp³-hybridized carbons (Fsp3) is 0.611. The first-order valence-electron chi connectivity index (χ1n) is 8.96. The number of amides is 3. The highest BCUT2D eigenvalue weighted by Gasteiger charge is 2.33. The lowest BCUT2D eigenvalue weighted by molar-refractivity contribution is -0.132. The first-order valence-corrected chi connectivity index (χ1v) is 9.84. The number of nitrogens with one attached hydrogen (secondary N) is 2. The van der Waals surface area contributed by atoms with Crippen molar-refractivity contribution in [1.82, 2.24) is 15.5 Å². The van der Waals surface area contributed by atoms with Crippen molar-refractivity contribution in [2.75, 3.05) is 19.6 Å². The van der Waals surface area contributed by atoms with E-state index in [0.29, 0.717) is 30.9 Å². The number of rotatable bonds is 7. The van der Waals surface area contributed by atoms with Crippen molar-refractivity contribution in [2.45, 2.75) is 45.6 Å². The number of carbonyl (C=O) groups is 3. The molecule has 2 N–H and O–H groups in total. The predicted molar refractivity (Wildman–Crippen MR) is 98.5 cm³/mol. The molecule has 1 aromatic rings. The normalized spacial score (nSPS) is 16.3. The number of likely N-dealkylation sites (tertiary alicyclic amines) is 1. The Morgan fingerprint density at radius 3 is 2.56 bits per heavy atom. The molecule has 1 aliphatic rings. The van der Waals surface area contributed by atoms with Crippen molar-refractivity contribution >= 4 is 29.1 Å². The number of carbonyl (C=O) groups excluding carboxylic acids is 3. The molecule has 0 spiro atoms. The molecule has 0 unspecified atom stereocenters. The zero-order chi connectivity index (χ0) is 18.2. The summed E-state index contributed by atoms with van der Waals surface area (Å²) in [6.45, 7) is 5.73. The minimum absolute atomic E-state index is 0.0432. The van der Waals surface area contributed by atoms with Crippen LogP contribution >= 0.6 is 11.3 Å². The van der Waals surface area contributed by atoms with Gasteiger partial charge >= 0.3 is 0 Å². The molecule has 1 fully saturated rings. The molecule has 0 saturated carbocycles. The molecular formula is C18H27N3O3S. The Morgan fingerprint density at radius 2 is 2.00 bits per heavy atom. The largest absolute Gasteiger partial charge is 0.354 e. The quantitative estimate of drug-likeness (QED) is 0.776. The number of nitrogens with zero attached hydrogens (tertiary/aromatic N) is 1. The molecule has 7 heteroatoms. The molecule has 138 valence electrons. The Kier molecular flexibility index (Phi) is 7.43. The van der Waals surface area contributed by atoms with E-state index in [1.807, 2.05) is 30.2 Å². The second kappa shape index (κ2) is 9.56. The monoisotopic (exact) mass is 365 g/mol. The van der Waals surface area contributed by atoms with E-state index in [-0.39, 0.29) is 23.6 Å². The topological polar surface area (TPSA) is 78.5 Å². The second-order valence-electron chi connectivity index (χ2n) is 6.29. The molecule has 0 bridgehead atoms. The van der Waals surface area contributed by atoms with Crippen molar-refractivity contribution in [1.29, 1.82) is 0 Å². The van der Waals surface area contributed by atoms with Crippen molar-refractivity contribution in [3.8, 4) is 0 Å². The van der Waals surface area contributed by atoms with Crippen molar-refractivity contribution in [3.05, 3.63) is 22.4 Å². The first kappa shape index (κ1) is 19.4. The smallest absolute Gasteiger partial charge is 0.262 e. The van der Waals surface area contributed by atoms with E-state index in [4.69, 9.17) is 0 Å². The summed E-state index contributed by atoms with van der Waals surface area (Å²) in [5.74, 6) is -0.152. The highest BCUT2D eigenvalue weighted by molar-refractivity contribution is 7.12. The van der Waals surface area contributed by atoms with Crippen LogP contribution in [0.1, 0.15) is 49.2 Å².